The van der Waals surface area contributed by atoms with Gasteiger partial charge in [-0.1, -0.05) is 29.8 Å². The first kappa shape index (κ1) is 14.5. The standard InChI is InChI=1S/C16H27N3/c1-13-6-5-7-15(8-13)10-19(4)16(11-17)9-14(2)18(3)12-16/h5-8,14H,9-12,17H2,1-4H3. The van der Waals surface area contributed by atoms with Crippen molar-refractivity contribution in [1.29, 1.82) is 0 Å². The molecule has 106 valence electrons. The molecule has 1 saturated heterocycles. The lowest BCUT2D eigenvalue weighted by Crippen LogP contribution is -2.53. The number of aryl methyl sites for hydroxylation is 1. The molecule has 0 radical (unpaired) electrons. The molecule has 3 heteroatoms. The van der Waals surface area contributed by atoms with Gasteiger partial charge in [-0.15, -0.1) is 0 Å². The third-order valence-electron chi connectivity index (χ3n) is 4.66. The molecule has 1 aromatic carbocycles. The van der Waals surface area contributed by atoms with E-state index in [2.05, 4.69) is 62.0 Å². The number of hydrogen-bond acceptors (Lipinski definition) is 3. The van der Waals surface area contributed by atoms with Gasteiger partial charge >= 0.3 is 0 Å². The molecule has 0 aromatic heterocycles. The Kier molecular flexibility index (Phi) is 4.29. The van der Waals surface area contributed by atoms with E-state index in [9.17, 15) is 0 Å². The summed E-state index contributed by atoms with van der Waals surface area (Å²) in [5, 5.41) is 0. The summed E-state index contributed by atoms with van der Waals surface area (Å²) in [6.07, 6.45) is 1.16. The highest BCUT2D eigenvalue weighted by molar-refractivity contribution is 5.22. The van der Waals surface area contributed by atoms with Crippen LogP contribution in [-0.4, -0.2) is 48.6 Å². The van der Waals surface area contributed by atoms with Crippen LogP contribution in [0, 0.1) is 6.92 Å². The molecule has 2 N–H and O–H groups in total. The molecule has 0 spiro atoms. The fraction of sp³-hybridized carbons (Fsp3) is 0.625. The van der Waals surface area contributed by atoms with Gasteiger partial charge in [0.15, 0.2) is 0 Å². The molecule has 19 heavy (non-hydrogen) atoms. The molecule has 0 saturated carbocycles. The van der Waals surface area contributed by atoms with Crippen LogP contribution in [0.3, 0.4) is 0 Å². The molecular formula is C16H27N3. The highest BCUT2D eigenvalue weighted by atomic mass is 15.3. The van der Waals surface area contributed by atoms with Crippen molar-refractivity contribution in [3.63, 3.8) is 0 Å². The molecule has 1 aliphatic heterocycles. The summed E-state index contributed by atoms with van der Waals surface area (Å²) in [4.78, 5) is 4.86. The molecular weight excluding hydrogens is 234 g/mol. The average Bonchev–Trinajstić information content (AvgIpc) is 2.66. The molecule has 2 rings (SSSR count). The summed E-state index contributed by atoms with van der Waals surface area (Å²) in [7, 11) is 4.41. The van der Waals surface area contributed by atoms with Crippen LogP contribution >= 0.6 is 0 Å². The van der Waals surface area contributed by atoms with Gasteiger partial charge in [0.25, 0.3) is 0 Å². The Morgan fingerprint density at radius 1 is 1.47 bits per heavy atom. The Morgan fingerprint density at radius 3 is 2.74 bits per heavy atom. The Labute approximate surface area is 117 Å². The zero-order valence-corrected chi connectivity index (χ0v) is 12.7. The molecule has 1 aromatic rings. The van der Waals surface area contributed by atoms with E-state index in [1.165, 1.54) is 11.1 Å². The molecule has 1 aliphatic rings. The van der Waals surface area contributed by atoms with Crippen molar-refractivity contribution in [3.05, 3.63) is 35.4 Å². The highest BCUT2D eigenvalue weighted by Crippen LogP contribution is 2.30. The predicted octanol–water partition coefficient (Wildman–Crippen LogP) is 1.85. The summed E-state index contributed by atoms with van der Waals surface area (Å²) in [6, 6.07) is 9.37. The van der Waals surface area contributed by atoms with Gasteiger partial charge in [0.1, 0.15) is 0 Å². The second kappa shape index (κ2) is 5.61. The normalized spacial score (nSPS) is 28.2. The third-order valence-corrected chi connectivity index (χ3v) is 4.66. The van der Waals surface area contributed by atoms with Crippen LogP contribution < -0.4 is 5.73 Å². The van der Waals surface area contributed by atoms with E-state index in [1.54, 1.807) is 0 Å². The van der Waals surface area contributed by atoms with E-state index in [-0.39, 0.29) is 5.54 Å². The van der Waals surface area contributed by atoms with Crippen LogP contribution in [0.4, 0.5) is 0 Å². The minimum absolute atomic E-state index is 0.123. The first-order valence-corrected chi connectivity index (χ1v) is 7.14. The second-order valence-electron chi connectivity index (χ2n) is 6.24. The lowest BCUT2D eigenvalue weighted by molar-refractivity contribution is 0.126. The molecule has 3 nitrogen and oxygen atoms in total. The van der Waals surface area contributed by atoms with E-state index in [4.69, 9.17) is 5.73 Å². The van der Waals surface area contributed by atoms with Crippen LogP contribution in [0.5, 0.6) is 0 Å². The molecule has 2 unspecified atom stereocenters. The number of likely N-dealkylation sites (tertiary alicyclic amines) is 1. The number of nitrogens with two attached hydrogens (primary N) is 1. The van der Waals surface area contributed by atoms with Crippen molar-refractivity contribution in [1.82, 2.24) is 9.80 Å². The van der Waals surface area contributed by atoms with Crippen molar-refractivity contribution in [2.75, 3.05) is 27.2 Å². The largest absolute Gasteiger partial charge is 0.329 e. The van der Waals surface area contributed by atoms with Gasteiger partial charge in [0.2, 0.25) is 0 Å². The maximum Gasteiger partial charge on any atom is 0.0473 e. The number of likely N-dealkylation sites (N-methyl/N-ethyl adjacent to an activating group) is 2. The molecule has 0 bridgehead atoms. The first-order valence-electron chi connectivity index (χ1n) is 7.14. The fourth-order valence-corrected chi connectivity index (χ4v) is 3.22. The predicted molar refractivity (Wildman–Crippen MR) is 81.1 cm³/mol. The quantitative estimate of drug-likeness (QED) is 0.898. The highest BCUT2D eigenvalue weighted by Gasteiger charge is 2.42. The lowest BCUT2D eigenvalue weighted by atomic mass is 9.94. The monoisotopic (exact) mass is 261 g/mol. The molecule has 0 aliphatic carbocycles. The zero-order valence-electron chi connectivity index (χ0n) is 12.7. The van der Waals surface area contributed by atoms with Gasteiger partial charge in [0.05, 0.1) is 0 Å². The maximum absolute atomic E-state index is 6.11. The average molecular weight is 261 g/mol. The van der Waals surface area contributed by atoms with Gasteiger partial charge in [-0.05, 0) is 39.9 Å². The summed E-state index contributed by atoms with van der Waals surface area (Å²) in [6.45, 7) is 7.20. The van der Waals surface area contributed by atoms with Gasteiger partial charge in [-0.3, -0.25) is 4.90 Å². The van der Waals surface area contributed by atoms with E-state index >= 15 is 0 Å². The molecule has 0 amide bonds. The number of rotatable bonds is 4. The van der Waals surface area contributed by atoms with E-state index in [0.717, 1.165) is 26.1 Å². The van der Waals surface area contributed by atoms with Crippen LogP contribution in [0.15, 0.2) is 24.3 Å². The van der Waals surface area contributed by atoms with Crippen LogP contribution in [0.25, 0.3) is 0 Å². The Hall–Kier alpha value is -0.900. The molecule has 1 heterocycles. The first-order chi connectivity index (χ1) is 8.97. The molecule has 1 fully saturated rings. The Morgan fingerprint density at radius 2 is 2.21 bits per heavy atom. The topological polar surface area (TPSA) is 32.5 Å². The van der Waals surface area contributed by atoms with Crippen molar-refractivity contribution < 1.29 is 0 Å². The number of nitrogens with zero attached hydrogens (tertiary/aromatic N) is 2. The summed E-state index contributed by atoms with van der Waals surface area (Å²) in [5.74, 6) is 0. The molecule has 2 atom stereocenters. The lowest BCUT2D eigenvalue weighted by Gasteiger charge is -2.38. The Bertz CT molecular complexity index is 420. The van der Waals surface area contributed by atoms with E-state index in [1.807, 2.05) is 0 Å². The van der Waals surface area contributed by atoms with Crippen molar-refractivity contribution >= 4 is 0 Å². The summed E-state index contributed by atoms with van der Waals surface area (Å²) >= 11 is 0. The van der Waals surface area contributed by atoms with Crippen LogP contribution in [0.2, 0.25) is 0 Å². The van der Waals surface area contributed by atoms with Crippen LogP contribution in [-0.2, 0) is 6.54 Å². The second-order valence-corrected chi connectivity index (χ2v) is 6.24. The minimum atomic E-state index is 0.123. The number of benzene rings is 1. The minimum Gasteiger partial charge on any atom is -0.329 e. The maximum atomic E-state index is 6.11. The fourth-order valence-electron chi connectivity index (χ4n) is 3.22. The Balaban J connectivity index is 2.12. The smallest absolute Gasteiger partial charge is 0.0473 e. The van der Waals surface area contributed by atoms with Crippen molar-refractivity contribution in [2.45, 2.75) is 38.4 Å². The summed E-state index contributed by atoms with van der Waals surface area (Å²) in [5.41, 5.74) is 8.93. The zero-order chi connectivity index (χ0) is 14.0. The third kappa shape index (κ3) is 2.99. The SMILES string of the molecule is Cc1cccc(CN(C)C2(CN)CC(C)N(C)C2)c1. The van der Waals surface area contributed by atoms with Gasteiger partial charge in [-0.2, -0.15) is 0 Å². The van der Waals surface area contributed by atoms with Gasteiger partial charge in [0, 0.05) is 31.2 Å². The van der Waals surface area contributed by atoms with Crippen molar-refractivity contribution in [3.8, 4) is 0 Å². The number of hydrogen-bond donors (Lipinski definition) is 1. The van der Waals surface area contributed by atoms with E-state index in [0.29, 0.717) is 6.04 Å². The van der Waals surface area contributed by atoms with Gasteiger partial charge < -0.3 is 10.6 Å². The summed E-state index contributed by atoms with van der Waals surface area (Å²) < 4.78 is 0. The van der Waals surface area contributed by atoms with Crippen LogP contribution in [0.1, 0.15) is 24.5 Å². The van der Waals surface area contributed by atoms with E-state index < -0.39 is 0 Å². The van der Waals surface area contributed by atoms with Crippen molar-refractivity contribution in [2.24, 2.45) is 5.73 Å². The van der Waals surface area contributed by atoms with Gasteiger partial charge in [-0.25, -0.2) is 0 Å².